The first-order valence-corrected chi connectivity index (χ1v) is 12.2. The van der Waals surface area contributed by atoms with Gasteiger partial charge in [0, 0.05) is 12.3 Å². The molecule has 2 aromatic carbocycles. The molecular formula is C21H24N4O2S2. The summed E-state index contributed by atoms with van der Waals surface area (Å²) >= 11 is 1.61. The third kappa shape index (κ3) is 4.04. The van der Waals surface area contributed by atoms with Crippen LogP contribution >= 0.6 is 11.8 Å². The van der Waals surface area contributed by atoms with E-state index in [0.717, 1.165) is 39.8 Å². The van der Waals surface area contributed by atoms with Gasteiger partial charge in [-0.15, -0.1) is 0 Å². The van der Waals surface area contributed by atoms with E-state index in [1.165, 1.54) is 15.4 Å². The zero-order valence-electron chi connectivity index (χ0n) is 16.8. The van der Waals surface area contributed by atoms with Crippen LogP contribution in [0.25, 0.3) is 0 Å². The number of aliphatic imine (C=N–C) groups is 1. The first-order valence-electron chi connectivity index (χ1n) is 9.62. The molecule has 0 radical (unpaired) electrons. The number of sulfonamides is 1. The van der Waals surface area contributed by atoms with Crippen LogP contribution in [-0.2, 0) is 16.4 Å². The van der Waals surface area contributed by atoms with E-state index in [1.807, 2.05) is 18.2 Å². The van der Waals surface area contributed by atoms with E-state index in [0.29, 0.717) is 12.3 Å². The van der Waals surface area contributed by atoms with Gasteiger partial charge < -0.3 is 0 Å². The SMILES string of the molecule is CCS(=O)(=O)N1CCc2cc(C3=NNC(=Nc4ccc(C)c(C)c4)SC3)ccc21. The Bertz CT molecular complexity index is 1120. The number of aryl methyl sites for hydroxylation is 2. The molecule has 0 aliphatic carbocycles. The molecule has 29 heavy (non-hydrogen) atoms. The van der Waals surface area contributed by atoms with E-state index in [4.69, 9.17) is 0 Å². The van der Waals surface area contributed by atoms with Crippen molar-refractivity contribution in [3.63, 3.8) is 0 Å². The molecule has 0 amide bonds. The first-order chi connectivity index (χ1) is 13.9. The van der Waals surface area contributed by atoms with Crippen LogP contribution < -0.4 is 9.73 Å². The standard InChI is InChI=1S/C21H24N4O2S2/c1-4-29(26,27)25-10-9-17-12-16(6-8-20(17)25)19-13-28-21(24-23-19)22-18-7-5-14(2)15(3)11-18/h5-8,11-12H,4,9-10,13H2,1-3H3,(H,22,24). The van der Waals surface area contributed by atoms with E-state index in [9.17, 15) is 8.42 Å². The number of amidine groups is 1. The molecule has 0 atom stereocenters. The fraction of sp³-hybridized carbons (Fsp3) is 0.333. The van der Waals surface area contributed by atoms with Gasteiger partial charge in [-0.3, -0.25) is 9.73 Å². The number of hydrogen-bond acceptors (Lipinski definition) is 5. The van der Waals surface area contributed by atoms with Crippen LogP contribution in [0.2, 0.25) is 0 Å². The second-order valence-corrected chi connectivity index (χ2v) is 10.4. The maximum Gasteiger partial charge on any atom is 0.234 e. The van der Waals surface area contributed by atoms with Gasteiger partial charge in [0.2, 0.25) is 10.0 Å². The van der Waals surface area contributed by atoms with E-state index in [1.54, 1.807) is 18.7 Å². The quantitative estimate of drug-likeness (QED) is 0.805. The van der Waals surface area contributed by atoms with Crippen molar-refractivity contribution in [2.75, 3.05) is 22.4 Å². The van der Waals surface area contributed by atoms with Crippen molar-refractivity contribution in [1.82, 2.24) is 5.43 Å². The topological polar surface area (TPSA) is 74.1 Å². The largest absolute Gasteiger partial charge is 0.270 e. The summed E-state index contributed by atoms with van der Waals surface area (Å²) in [6.07, 6.45) is 0.732. The lowest BCUT2D eigenvalue weighted by atomic mass is 10.1. The summed E-state index contributed by atoms with van der Waals surface area (Å²) in [6, 6.07) is 12.1. The summed E-state index contributed by atoms with van der Waals surface area (Å²) in [6.45, 7) is 6.36. The van der Waals surface area contributed by atoms with Crippen molar-refractivity contribution < 1.29 is 8.42 Å². The molecule has 0 spiro atoms. The molecule has 1 N–H and O–H groups in total. The molecular weight excluding hydrogens is 404 g/mol. The van der Waals surface area contributed by atoms with E-state index in [2.05, 4.69) is 47.6 Å². The van der Waals surface area contributed by atoms with Gasteiger partial charge >= 0.3 is 0 Å². The molecule has 2 aliphatic rings. The summed E-state index contributed by atoms with van der Waals surface area (Å²) in [5.41, 5.74) is 10.2. The number of nitrogens with one attached hydrogen (secondary N) is 1. The van der Waals surface area contributed by atoms with Crippen molar-refractivity contribution in [1.29, 1.82) is 0 Å². The van der Waals surface area contributed by atoms with E-state index < -0.39 is 10.0 Å². The maximum absolute atomic E-state index is 12.3. The fourth-order valence-corrected chi connectivity index (χ4v) is 5.37. The van der Waals surface area contributed by atoms with Crippen molar-refractivity contribution in [3.05, 3.63) is 58.7 Å². The van der Waals surface area contributed by atoms with Crippen LogP contribution in [0.4, 0.5) is 11.4 Å². The Morgan fingerprint density at radius 3 is 2.69 bits per heavy atom. The molecule has 0 unspecified atom stereocenters. The lowest BCUT2D eigenvalue weighted by Crippen LogP contribution is -2.30. The molecule has 2 aliphatic heterocycles. The highest BCUT2D eigenvalue weighted by Crippen LogP contribution is 2.32. The van der Waals surface area contributed by atoms with Gasteiger partial charge in [0.05, 0.1) is 22.8 Å². The van der Waals surface area contributed by atoms with Crippen LogP contribution in [0.3, 0.4) is 0 Å². The number of fused-ring (bicyclic) bond motifs is 1. The van der Waals surface area contributed by atoms with Crippen molar-refractivity contribution in [2.24, 2.45) is 10.1 Å². The molecule has 152 valence electrons. The second-order valence-electron chi connectivity index (χ2n) is 7.21. The van der Waals surface area contributed by atoms with Crippen LogP contribution in [0.15, 0.2) is 46.5 Å². The predicted molar refractivity (Wildman–Crippen MR) is 122 cm³/mol. The van der Waals surface area contributed by atoms with E-state index >= 15 is 0 Å². The second kappa shape index (κ2) is 7.84. The Balaban J connectivity index is 1.52. The number of anilines is 1. The molecule has 6 nitrogen and oxygen atoms in total. The van der Waals surface area contributed by atoms with Crippen LogP contribution in [0.5, 0.6) is 0 Å². The van der Waals surface area contributed by atoms with Crippen LogP contribution in [-0.4, -0.2) is 37.3 Å². The minimum atomic E-state index is -3.22. The number of hydrazone groups is 1. The summed E-state index contributed by atoms with van der Waals surface area (Å²) < 4.78 is 26.0. The van der Waals surface area contributed by atoms with Gasteiger partial charge in [0.1, 0.15) is 0 Å². The van der Waals surface area contributed by atoms with Gasteiger partial charge in [-0.2, -0.15) is 5.10 Å². The summed E-state index contributed by atoms with van der Waals surface area (Å²) in [5.74, 6) is 0.830. The zero-order valence-corrected chi connectivity index (χ0v) is 18.4. The number of nitrogens with zero attached hydrogens (tertiary/aromatic N) is 3. The highest BCUT2D eigenvalue weighted by atomic mass is 32.2. The predicted octanol–water partition coefficient (Wildman–Crippen LogP) is 3.74. The average Bonchev–Trinajstić information content (AvgIpc) is 3.15. The molecule has 8 heteroatoms. The van der Waals surface area contributed by atoms with Crippen molar-refractivity contribution >= 4 is 44.0 Å². The average molecular weight is 429 g/mol. The minimum absolute atomic E-state index is 0.115. The zero-order chi connectivity index (χ0) is 20.6. The molecule has 2 heterocycles. The molecule has 0 saturated carbocycles. The third-order valence-corrected chi connectivity index (χ3v) is 7.97. The van der Waals surface area contributed by atoms with Crippen LogP contribution in [0.1, 0.15) is 29.2 Å². The maximum atomic E-state index is 12.3. The lowest BCUT2D eigenvalue weighted by Gasteiger charge is -2.19. The molecule has 0 saturated heterocycles. The fourth-order valence-electron chi connectivity index (χ4n) is 3.43. The van der Waals surface area contributed by atoms with Crippen molar-refractivity contribution in [3.8, 4) is 0 Å². The summed E-state index contributed by atoms with van der Waals surface area (Å²) in [5, 5.41) is 5.29. The van der Waals surface area contributed by atoms with Crippen LogP contribution in [0, 0.1) is 13.8 Å². The number of benzene rings is 2. The normalized spacial score (nSPS) is 17.8. The Morgan fingerprint density at radius 2 is 2.00 bits per heavy atom. The molecule has 0 aromatic heterocycles. The van der Waals surface area contributed by atoms with Gasteiger partial charge in [0.15, 0.2) is 5.17 Å². The Labute approximate surface area is 176 Å². The lowest BCUT2D eigenvalue weighted by molar-refractivity contribution is 0.593. The molecule has 0 bridgehead atoms. The number of hydrogen-bond donors (Lipinski definition) is 1. The highest BCUT2D eigenvalue weighted by molar-refractivity contribution is 8.14. The molecule has 2 aromatic rings. The Kier molecular flexibility index (Phi) is 5.40. The van der Waals surface area contributed by atoms with Gasteiger partial charge in [-0.25, -0.2) is 13.4 Å². The molecule has 4 rings (SSSR count). The van der Waals surface area contributed by atoms with Gasteiger partial charge in [0.25, 0.3) is 0 Å². The Hall–Kier alpha value is -2.32. The monoisotopic (exact) mass is 428 g/mol. The van der Waals surface area contributed by atoms with Crippen molar-refractivity contribution in [2.45, 2.75) is 27.2 Å². The number of thioether (sulfide) groups is 1. The third-order valence-electron chi connectivity index (χ3n) is 5.32. The highest BCUT2D eigenvalue weighted by Gasteiger charge is 2.28. The van der Waals surface area contributed by atoms with Gasteiger partial charge in [-0.05, 0) is 73.7 Å². The van der Waals surface area contributed by atoms with Gasteiger partial charge in [-0.1, -0.05) is 23.9 Å². The summed E-state index contributed by atoms with van der Waals surface area (Å²) in [4.78, 5) is 4.64. The van der Waals surface area contributed by atoms with E-state index in [-0.39, 0.29) is 5.75 Å². The Morgan fingerprint density at radius 1 is 1.17 bits per heavy atom. The smallest absolute Gasteiger partial charge is 0.234 e. The minimum Gasteiger partial charge on any atom is -0.270 e. The molecule has 0 fully saturated rings. The first kappa shape index (κ1) is 20.0. The number of rotatable bonds is 4. The summed E-state index contributed by atoms with van der Waals surface area (Å²) in [7, 11) is -3.22.